The molecule has 2 heterocycles. The molecule has 9 nitrogen and oxygen atoms in total. The lowest BCUT2D eigenvalue weighted by molar-refractivity contribution is -0.132. The number of anilines is 2. The van der Waals surface area contributed by atoms with E-state index in [1.807, 2.05) is 0 Å². The molecule has 2 amide bonds. The highest BCUT2D eigenvalue weighted by Gasteiger charge is 2.69. The lowest BCUT2D eigenvalue weighted by Crippen LogP contribution is -2.56. The van der Waals surface area contributed by atoms with Crippen molar-refractivity contribution in [2.45, 2.75) is 19.4 Å². The molecular formula is C30H24N2O7. The van der Waals surface area contributed by atoms with Crippen LogP contribution in [0.1, 0.15) is 19.4 Å². The number of amides is 2. The SMILES string of the molecule is COc1ccc(/C(O)=C2\C(=O)C(=O)N(c3ccccc3O)C23C(=O)N(c2ccccc2)C(C)=C3C(C)=O)cc1. The number of benzene rings is 3. The van der Waals surface area contributed by atoms with Crippen molar-refractivity contribution in [2.24, 2.45) is 0 Å². The van der Waals surface area contributed by atoms with Gasteiger partial charge in [-0.05, 0) is 62.4 Å². The fraction of sp³-hybridized carbons (Fsp3) is 0.133. The summed E-state index contributed by atoms with van der Waals surface area (Å²) < 4.78 is 5.17. The number of carbonyl (C=O) groups excluding carboxylic acids is 4. The van der Waals surface area contributed by atoms with E-state index >= 15 is 0 Å². The summed E-state index contributed by atoms with van der Waals surface area (Å²) in [6.07, 6.45) is 0. The number of para-hydroxylation sites is 3. The molecule has 1 saturated heterocycles. The molecule has 5 rings (SSSR count). The van der Waals surface area contributed by atoms with E-state index < -0.39 is 46.0 Å². The molecular weight excluding hydrogens is 500 g/mol. The van der Waals surface area contributed by atoms with Crippen molar-refractivity contribution >= 4 is 40.5 Å². The molecule has 1 spiro atoms. The van der Waals surface area contributed by atoms with Crippen LogP contribution >= 0.6 is 0 Å². The Bertz CT molecular complexity index is 1610. The molecule has 3 aromatic carbocycles. The number of nitrogens with zero attached hydrogens (tertiary/aromatic N) is 2. The molecule has 9 heteroatoms. The van der Waals surface area contributed by atoms with E-state index in [1.54, 1.807) is 42.5 Å². The molecule has 0 saturated carbocycles. The number of ketones is 2. The number of hydrogen-bond acceptors (Lipinski definition) is 7. The van der Waals surface area contributed by atoms with E-state index in [0.29, 0.717) is 11.4 Å². The maximum absolute atomic E-state index is 14.6. The Balaban J connectivity index is 1.91. The molecule has 0 radical (unpaired) electrons. The molecule has 1 fully saturated rings. The van der Waals surface area contributed by atoms with Gasteiger partial charge in [0.25, 0.3) is 11.7 Å². The zero-order valence-electron chi connectivity index (χ0n) is 21.3. The quantitative estimate of drug-likeness (QED) is 0.294. The number of carbonyl (C=O) groups is 4. The third-order valence-corrected chi connectivity index (χ3v) is 6.98. The number of aliphatic hydroxyl groups excluding tert-OH is 1. The summed E-state index contributed by atoms with van der Waals surface area (Å²) in [5.41, 5.74) is -2.60. The van der Waals surface area contributed by atoms with Crippen LogP contribution in [0, 0.1) is 0 Å². The zero-order chi connectivity index (χ0) is 28.1. The molecule has 2 aliphatic rings. The summed E-state index contributed by atoms with van der Waals surface area (Å²) in [6.45, 7) is 2.76. The van der Waals surface area contributed by atoms with E-state index in [4.69, 9.17) is 4.74 Å². The first-order chi connectivity index (χ1) is 18.7. The minimum absolute atomic E-state index is 0.122. The lowest BCUT2D eigenvalue weighted by Gasteiger charge is -2.35. The highest BCUT2D eigenvalue weighted by molar-refractivity contribution is 6.56. The molecule has 196 valence electrons. The van der Waals surface area contributed by atoms with Crippen molar-refractivity contribution in [3.05, 3.63) is 101 Å². The molecule has 2 aliphatic heterocycles. The molecule has 1 unspecified atom stereocenters. The minimum atomic E-state index is -2.39. The topological polar surface area (TPSA) is 124 Å². The van der Waals surface area contributed by atoms with Crippen LogP contribution in [0.5, 0.6) is 11.5 Å². The van der Waals surface area contributed by atoms with Crippen molar-refractivity contribution < 1.29 is 34.1 Å². The van der Waals surface area contributed by atoms with Crippen LogP contribution in [0.15, 0.2) is 95.7 Å². The first kappa shape index (κ1) is 25.5. The Morgan fingerprint density at radius 1 is 0.897 bits per heavy atom. The highest BCUT2D eigenvalue weighted by Crippen LogP contribution is 2.53. The summed E-state index contributed by atoms with van der Waals surface area (Å²) in [6, 6.07) is 20.2. The van der Waals surface area contributed by atoms with Crippen LogP contribution in [0.4, 0.5) is 11.4 Å². The van der Waals surface area contributed by atoms with Gasteiger partial charge in [-0.25, -0.2) is 0 Å². The second-order valence-electron chi connectivity index (χ2n) is 9.11. The molecule has 0 aromatic heterocycles. The predicted octanol–water partition coefficient (Wildman–Crippen LogP) is 3.93. The van der Waals surface area contributed by atoms with Gasteiger partial charge in [0.15, 0.2) is 11.3 Å². The number of aliphatic hydroxyl groups is 1. The third-order valence-electron chi connectivity index (χ3n) is 6.98. The number of phenols is 1. The van der Waals surface area contributed by atoms with Crippen molar-refractivity contribution in [3.63, 3.8) is 0 Å². The molecule has 0 aliphatic carbocycles. The molecule has 0 bridgehead atoms. The molecule has 3 aromatic rings. The Morgan fingerprint density at radius 2 is 1.51 bits per heavy atom. The number of hydrogen-bond donors (Lipinski definition) is 2. The number of ether oxygens (including phenoxy) is 1. The van der Waals surface area contributed by atoms with Gasteiger partial charge in [0, 0.05) is 16.9 Å². The maximum atomic E-state index is 14.6. The predicted molar refractivity (Wildman–Crippen MR) is 143 cm³/mol. The van der Waals surface area contributed by atoms with Crippen LogP contribution in [-0.2, 0) is 19.2 Å². The van der Waals surface area contributed by atoms with Crippen molar-refractivity contribution in [1.29, 1.82) is 0 Å². The number of methoxy groups -OCH3 is 1. The second-order valence-corrected chi connectivity index (χ2v) is 9.11. The van der Waals surface area contributed by atoms with Crippen LogP contribution in [0.25, 0.3) is 5.76 Å². The number of aromatic hydroxyl groups is 1. The lowest BCUT2D eigenvalue weighted by atomic mass is 9.79. The second kappa shape index (κ2) is 9.29. The third kappa shape index (κ3) is 3.54. The normalized spacial score (nSPS) is 20.3. The number of Topliss-reactive ketones (excluding diaryl/α,β-unsaturated/α-hetero) is 2. The van der Waals surface area contributed by atoms with Gasteiger partial charge in [0.1, 0.15) is 17.3 Å². The number of phenolic OH excluding ortho intramolecular Hbond substituents is 1. The van der Waals surface area contributed by atoms with E-state index in [0.717, 1.165) is 4.90 Å². The average Bonchev–Trinajstić information content (AvgIpc) is 3.30. The summed E-state index contributed by atoms with van der Waals surface area (Å²) >= 11 is 0. The van der Waals surface area contributed by atoms with Gasteiger partial charge in [0.05, 0.1) is 23.9 Å². The van der Waals surface area contributed by atoms with Gasteiger partial charge in [-0.1, -0.05) is 30.3 Å². The van der Waals surface area contributed by atoms with Crippen molar-refractivity contribution in [2.75, 3.05) is 16.9 Å². The van der Waals surface area contributed by atoms with Gasteiger partial charge >= 0.3 is 5.91 Å². The first-order valence-corrected chi connectivity index (χ1v) is 12.0. The number of allylic oxidation sites excluding steroid dienone is 1. The van der Waals surface area contributed by atoms with E-state index in [9.17, 15) is 29.4 Å². The van der Waals surface area contributed by atoms with Crippen LogP contribution in [0.2, 0.25) is 0 Å². The first-order valence-electron chi connectivity index (χ1n) is 12.0. The maximum Gasteiger partial charge on any atom is 0.300 e. The Hall–Kier alpha value is -5.18. The molecule has 39 heavy (non-hydrogen) atoms. The Kier molecular flexibility index (Phi) is 6.06. The van der Waals surface area contributed by atoms with E-state index in [2.05, 4.69) is 0 Å². The fourth-order valence-electron chi connectivity index (χ4n) is 5.38. The standard InChI is InChI=1S/C30H24N2O7/c1-17-24(18(2)33)30(29(38)31(17)20-9-5-4-6-10-20)25(26(35)19-13-15-21(39-3)16-14-19)27(36)28(37)32(30)22-11-7-8-12-23(22)34/h4-16,34-35H,1-3H3/b26-25-. The summed E-state index contributed by atoms with van der Waals surface area (Å²) in [4.78, 5) is 57.5. The van der Waals surface area contributed by atoms with Gasteiger partial charge in [-0.15, -0.1) is 0 Å². The Morgan fingerprint density at radius 3 is 2.10 bits per heavy atom. The average molecular weight is 525 g/mol. The monoisotopic (exact) mass is 524 g/mol. The largest absolute Gasteiger partial charge is 0.507 e. The minimum Gasteiger partial charge on any atom is -0.507 e. The Labute approximate surface area is 223 Å². The smallest absolute Gasteiger partial charge is 0.300 e. The van der Waals surface area contributed by atoms with Gasteiger partial charge in [-0.3, -0.25) is 29.0 Å². The van der Waals surface area contributed by atoms with E-state index in [1.165, 1.54) is 62.3 Å². The molecule has 2 N–H and O–H groups in total. The van der Waals surface area contributed by atoms with Crippen molar-refractivity contribution in [1.82, 2.24) is 0 Å². The van der Waals surface area contributed by atoms with Crippen LogP contribution in [-0.4, -0.2) is 46.2 Å². The van der Waals surface area contributed by atoms with Gasteiger partial charge < -0.3 is 14.9 Å². The summed E-state index contributed by atoms with van der Waals surface area (Å²) in [5, 5.41) is 22.3. The van der Waals surface area contributed by atoms with E-state index in [-0.39, 0.29) is 22.5 Å². The zero-order valence-corrected chi connectivity index (χ0v) is 21.3. The summed E-state index contributed by atoms with van der Waals surface area (Å²) in [5.74, 6) is -4.35. The van der Waals surface area contributed by atoms with Gasteiger partial charge in [-0.2, -0.15) is 0 Å². The summed E-state index contributed by atoms with van der Waals surface area (Å²) in [7, 11) is 1.47. The van der Waals surface area contributed by atoms with Crippen molar-refractivity contribution in [3.8, 4) is 11.5 Å². The van der Waals surface area contributed by atoms with Crippen LogP contribution < -0.4 is 14.5 Å². The number of rotatable bonds is 5. The van der Waals surface area contributed by atoms with Gasteiger partial charge in [0.2, 0.25) is 0 Å². The van der Waals surface area contributed by atoms with Crippen LogP contribution in [0.3, 0.4) is 0 Å². The highest BCUT2D eigenvalue weighted by atomic mass is 16.5. The fourth-order valence-corrected chi connectivity index (χ4v) is 5.38. The molecule has 1 atom stereocenters.